The van der Waals surface area contributed by atoms with Gasteiger partial charge in [-0.15, -0.1) is 0 Å². The molecule has 1 atom stereocenters. The highest BCUT2D eigenvalue weighted by Gasteiger charge is 2.30. The number of carbonyl (C=O) groups excluding carboxylic acids is 1. The van der Waals surface area contributed by atoms with Crippen molar-refractivity contribution >= 4 is 28.5 Å². The highest BCUT2D eigenvalue weighted by atomic mass is 32.2. The van der Waals surface area contributed by atoms with Crippen LogP contribution in [-0.4, -0.2) is 30.5 Å². The molecule has 0 radical (unpaired) electrons. The number of nitrogens with zero attached hydrogens (tertiary/aromatic N) is 3. The van der Waals surface area contributed by atoms with Crippen molar-refractivity contribution in [3.63, 3.8) is 0 Å². The predicted molar refractivity (Wildman–Crippen MR) is 115 cm³/mol. The number of aliphatic imine (C=N–C) groups is 2. The van der Waals surface area contributed by atoms with Crippen LogP contribution < -0.4 is 9.47 Å². The van der Waals surface area contributed by atoms with Crippen molar-refractivity contribution in [2.24, 2.45) is 15.9 Å². The summed E-state index contributed by atoms with van der Waals surface area (Å²) >= 11 is 1.37. The molecule has 2 aromatic rings. The number of ether oxygens (including phenoxy) is 2. The van der Waals surface area contributed by atoms with Gasteiger partial charge in [0.25, 0.3) is 5.91 Å². The summed E-state index contributed by atoms with van der Waals surface area (Å²) in [5.41, 5.74) is 2.12. The monoisotopic (exact) mass is 407 g/mol. The van der Waals surface area contributed by atoms with Crippen LogP contribution in [0.1, 0.15) is 24.5 Å². The lowest BCUT2D eigenvalue weighted by atomic mass is 9.96. The number of hydrogen-bond donors (Lipinski definition) is 0. The van der Waals surface area contributed by atoms with E-state index in [2.05, 4.69) is 9.98 Å². The fourth-order valence-electron chi connectivity index (χ4n) is 2.76. The normalized spacial score (nSPS) is 15.9. The number of hydrogen-bond acceptors (Lipinski definition) is 6. The first-order chi connectivity index (χ1) is 14.2. The zero-order valence-corrected chi connectivity index (χ0v) is 17.1. The quantitative estimate of drug-likeness (QED) is 0.685. The van der Waals surface area contributed by atoms with Crippen LogP contribution in [0.15, 0.2) is 58.5 Å². The van der Waals surface area contributed by atoms with Gasteiger partial charge in [0.05, 0.1) is 25.5 Å². The molecule has 7 heteroatoms. The number of thioether (sulfide) groups is 1. The Hall–Kier alpha value is -3.11. The summed E-state index contributed by atoms with van der Waals surface area (Å²) in [5.74, 6) is 0.237. The summed E-state index contributed by atoms with van der Waals surface area (Å²) < 4.78 is 11.1. The van der Waals surface area contributed by atoms with Gasteiger partial charge in [0, 0.05) is 11.3 Å². The van der Waals surface area contributed by atoms with Crippen LogP contribution >= 0.6 is 11.8 Å². The lowest BCUT2D eigenvalue weighted by Gasteiger charge is -2.17. The zero-order valence-electron chi connectivity index (χ0n) is 16.3. The van der Waals surface area contributed by atoms with Gasteiger partial charge in [-0.25, -0.2) is 4.99 Å². The number of amidine groups is 1. The average Bonchev–Trinajstić information content (AvgIpc) is 2.76. The number of carbonyl (C=O) groups is 1. The van der Waals surface area contributed by atoms with Crippen LogP contribution in [0, 0.1) is 17.2 Å². The molecule has 0 bridgehead atoms. The number of benzene rings is 2. The third-order valence-corrected chi connectivity index (χ3v) is 5.12. The van der Waals surface area contributed by atoms with E-state index in [0.717, 1.165) is 12.0 Å². The van der Waals surface area contributed by atoms with Gasteiger partial charge in [-0.2, -0.15) is 10.3 Å². The molecule has 1 heterocycles. The maximum atomic E-state index is 12.4. The molecule has 6 nitrogen and oxygen atoms in total. The molecule has 1 amide bonds. The third-order valence-electron chi connectivity index (χ3n) is 4.20. The van der Waals surface area contributed by atoms with Crippen LogP contribution in [0.25, 0.3) is 0 Å². The van der Waals surface area contributed by atoms with Gasteiger partial charge in [-0.3, -0.25) is 4.79 Å². The molecule has 0 N–H and O–H groups in total. The topological polar surface area (TPSA) is 84.0 Å². The SMILES string of the molecule is CCCOc1ccc(C2=NC(SCc3ccccc3)=NC(=O)C2C#N)cc1OC. The lowest BCUT2D eigenvalue weighted by Crippen LogP contribution is -2.27. The van der Waals surface area contributed by atoms with Crippen molar-refractivity contribution in [3.05, 3.63) is 59.7 Å². The van der Waals surface area contributed by atoms with Crippen LogP contribution in [0.4, 0.5) is 0 Å². The van der Waals surface area contributed by atoms with Crippen molar-refractivity contribution in [2.45, 2.75) is 19.1 Å². The summed E-state index contributed by atoms with van der Waals surface area (Å²) in [5, 5.41) is 9.85. The van der Waals surface area contributed by atoms with E-state index in [1.54, 1.807) is 25.3 Å². The third kappa shape index (κ3) is 5.04. The minimum atomic E-state index is -1.04. The number of nitriles is 1. The minimum absolute atomic E-state index is 0.352. The Kier molecular flexibility index (Phi) is 7.04. The van der Waals surface area contributed by atoms with Gasteiger partial charge < -0.3 is 9.47 Å². The first-order valence-corrected chi connectivity index (χ1v) is 10.2. The van der Waals surface area contributed by atoms with Gasteiger partial charge >= 0.3 is 0 Å². The van der Waals surface area contributed by atoms with E-state index in [4.69, 9.17) is 9.47 Å². The van der Waals surface area contributed by atoms with Crippen LogP contribution in [0.5, 0.6) is 11.5 Å². The number of methoxy groups -OCH3 is 1. The molecular weight excluding hydrogens is 386 g/mol. The van der Waals surface area contributed by atoms with E-state index < -0.39 is 11.8 Å². The highest BCUT2D eigenvalue weighted by molar-refractivity contribution is 8.13. The van der Waals surface area contributed by atoms with Crippen molar-refractivity contribution in [1.82, 2.24) is 0 Å². The molecular formula is C22H21N3O3S. The number of amides is 1. The molecule has 148 valence electrons. The molecule has 3 rings (SSSR count). The van der Waals surface area contributed by atoms with Crippen molar-refractivity contribution in [3.8, 4) is 17.6 Å². The standard InChI is InChI=1S/C22H21N3O3S/c1-3-11-28-18-10-9-16(12-19(18)27-2)20-17(13-23)21(26)25-22(24-20)29-14-15-7-5-4-6-8-15/h4-10,12,17H,3,11,14H2,1-2H3. The van der Waals surface area contributed by atoms with Crippen LogP contribution in [-0.2, 0) is 10.5 Å². The fourth-order valence-corrected chi connectivity index (χ4v) is 3.57. The smallest absolute Gasteiger partial charge is 0.271 e. The second-order valence-electron chi connectivity index (χ2n) is 6.28. The van der Waals surface area contributed by atoms with Crippen molar-refractivity contribution in [2.75, 3.05) is 13.7 Å². The van der Waals surface area contributed by atoms with E-state index >= 15 is 0 Å². The largest absolute Gasteiger partial charge is 0.493 e. The van der Waals surface area contributed by atoms with Gasteiger partial charge in [0.2, 0.25) is 0 Å². The molecule has 0 aromatic heterocycles. The Bertz CT molecular complexity index is 981. The first-order valence-electron chi connectivity index (χ1n) is 9.25. The Morgan fingerprint density at radius 2 is 1.93 bits per heavy atom. The second-order valence-corrected chi connectivity index (χ2v) is 7.22. The average molecular weight is 407 g/mol. The summed E-state index contributed by atoms with van der Waals surface area (Å²) in [6, 6.07) is 17.2. The molecule has 0 aliphatic carbocycles. The van der Waals surface area contributed by atoms with E-state index in [1.807, 2.05) is 43.3 Å². The molecule has 0 fully saturated rings. The first kappa shape index (κ1) is 20.6. The van der Waals surface area contributed by atoms with Crippen LogP contribution in [0.2, 0.25) is 0 Å². The molecule has 29 heavy (non-hydrogen) atoms. The Labute approximate surface area is 174 Å². The molecule has 1 aliphatic heterocycles. The Morgan fingerprint density at radius 3 is 2.62 bits per heavy atom. The van der Waals surface area contributed by atoms with E-state index in [0.29, 0.717) is 40.3 Å². The van der Waals surface area contributed by atoms with E-state index in [-0.39, 0.29) is 0 Å². The van der Waals surface area contributed by atoms with Gasteiger partial charge in [0.15, 0.2) is 22.6 Å². The summed E-state index contributed by atoms with van der Waals surface area (Å²) in [4.78, 5) is 21.0. The maximum absolute atomic E-state index is 12.4. The molecule has 1 aliphatic rings. The van der Waals surface area contributed by atoms with Crippen molar-refractivity contribution < 1.29 is 14.3 Å². The van der Waals surface area contributed by atoms with Gasteiger partial charge in [-0.05, 0) is 30.2 Å². The molecule has 0 saturated carbocycles. The second kappa shape index (κ2) is 9.89. The Morgan fingerprint density at radius 1 is 1.14 bits per heavy atom. The molecule has 1 unspecified atom stereocenters. The Balaban J connectivity index is 1.88. The maximum Gasteiger partial charge on any atom is 0.271 e. The molecule has 2 aromatic carbocycles. The highest BCUT2D eigenvalue weighted by Crippen LogP contribution is 2.31. The van der Waals surface area contributed by atoms with Gasteiger partial charge in [-0.1, -0.05) is 49.0 Å². The minimum Gasteiger partial charge on any atom is -0.493 e. The lowest BCUT2D eigenvalue weighted by molar-refractivity contribution is -0.118. The summed E-state index contributed by atoms with van der Waals surface area (Å²) in [6.07, 6.45) is 0.876. The van der Waals surface area contributed by atoms with E-state index in [9.17, 15) is 10.1 Å². The van der Waals surface area contributed by atoms with E-state index in [1.165, 1.54) is 11.8 Å². The molecule has 0 saturated heterocycles. The molecule has 0 spiro atoms. The van der Waals surface area contributed by atoms with Crippen LogP contribution in [0.3, 0.4) is 0 Å². The fraction of sp³-hybridized carbons (Fsp3) is 0.273. The van der Waals surface area contributed by atoms with Gasteiger partial charge in [0.1, 0.15) is 0 Å². The zero-order chi connectivity index (χ0) is 20.6. The summed E-state index contributed by atoms with van der Waals surface area (Å²) in [7, 11) is 1.55. The van der Waals surface area contributed by atoms with Crippen molar-refractivity contribution in [1.29, 1.82) is 5.26 Å². The predicted octanol–water partition coefficient (Wildman–Crippen LogP) is 4.24. The number of rotatable bonds is 7. The summed E-state index contributed by atoms with van der Waals surface area (Å²) in [6.45, 7) is 2.59.